The van der Waals surface area contributed by atoms with Gasteiger partial charge in [-0.2, -0.15) is 0 Å². The third-order valence-electron chi connectivity index (χ3n) is 1.93. The molecule has 0 heterocycles. The fourth-order valence-electron chi connectivity index (χ4n) is 1.12. The van der Waals surface area contributed by atoms with E-state index in [2.05, 4.69) is 0 Å². The van der Waals surface area contributed by atoms with Gasteiger partial charge in [-0.15, -0.1) is 5.06 Å². The minimum atomic E-state index is 0.251. The van der Waals surface area contributed by atoms with Crippen molar-refractivity contribution >= 4 is 0 Å². The van der Waals surface area contributed by atoms with E-state index in [1.807, 2.05) is 44.2 Å². The molecule has 0 bridgehead atoms. The van der Waals surface area contributed by atoms with Crippen molar-refractivity contribution in [3.8, 4) is 5.75 Å². The molecule has 0 fully saturated rings. The Kier molecular flexibility index (Phi) is 4.71. The normalized spacial score (nSPS) is 11.5. The number of nitrogens with zero attached hydrogens (tertiary/aromatic N) is 1. The summed E-state index contributed by atoms with van der Waals surface area (Å²) in [6.45, 7) is 4.63. The van der Waals surface area contributed by atoms with Crippen molar-refractivity contribution in [3.63, 3.8) is 0 Å². The highest BCUT2D eigenvalue weighted by Crippen LogP contribution is 2.12. The summed E-state index contributed by atoms with van der Waals surface area (Å²) in [6.07, 6.45) is 2.67. The van der Waals surface area contributed by atoms with Crippen molar-refractivity contribution in [1.82, 2.24) is 5.06 Å². The largest absolute Gasteiger partial charge is 0.516 e. The maximum atomic E-state index is 8.60. The molecule has 0 spiro atoms. The van der Waals surface area contributed by atoms with E-state index in [1.54, 1.807) is 11.1 Å². The minimum absolute atomic E-state index is 0.251. The molecule has 0 atom stereocenters. The topological polar surface area (TPSA) is 32.7 Å². The average Bonchev–Trinajstić information content (AvgIpc) is 2.25. The van der Waals surface area contributed by atoms with E-state index < -0.39 is 0 Å². The molecule has 1 N–H and O–H groups in total. The zero-order valence-corrected chi connectivity index (χ0v) is 9.13. The third-order valence-corrected chi connectivity index (χ3v) is 1.93. The number of rotatable bonds is 5. The van der Waals surface area contributed by atoms with Gasteiger partial charge in [-0.05, 0) is 32.1 Å². The summed E-state index contributed by atoms with van der Waals surface area (Å²) in [7, 11) is 0. The van der Waals surface area contributed by atoms with Crippen LogP contribution in [0.5, 0.6) is 5.75 Å². The molecule has 0 aliphatic carbocycles. The van der Waals surface area contributed by atoms with Crippen LogP contribution in [0.3, 0.4) is 0 Å². The molecular formula is C12H17NO2. The lowest BCUT2D eigenvalue weighted by Gasteiger charge is -2.24. The highest BCUT2D eigenvalue weighted by Gasteiger charge is 2.09. The SMILES string of the molecule is CC(C)N(CC=CO)Oc1ccccc1. The maximum Gasteiger partial charge on any atom is 0.147 e. The zero-order valence-electron chi connectivity index (χ0n) is 9.13. The second-order valence-corrected chi connectivity index (χ2v) is 3.48. The first-order valence-corrected chi connectivity index (χ1v) is 5.03. The Bertz CT molecular complexity index is 296. The monoisotopic (exact) mass is 207 g/mol. The number of hydrogen-bond acceptors (Lipinski definition) is 3. The number of para-hydroxylation sites is 1. The van der Waals surface area contributed by atoms with Crippen LogP contribution in [0.4, 0.5) is 0 Å². The highest BCUT2D eigenvalue weighted by molar-refractivity contribution is 5.20. The standard InChI is InChI=1S/C12H17NO2/c1-11(2)13(9-6-10-14)15-12-7-4-3-5-8-12/h3-8,10-11,14H,9H2,1-2H3. The summed E-state index contributed by atoms with van der Waals surface area (Å²) in [6, 6.07) is 9.85. The van der Waals surface area contributed by atoms with Crippen LogP contribution in [-0.4, -0.2) is 22.8 Å². The van der Waals surface area contributed by atoms with E-state index in [1.165, 1.54) is 0 Å². The molecule has 0 aliphatic rings. The molecule has 3 nitrogen and oxygen atoms in total. The minimum Gasteiger partial charge on any atom is -0.516 e. The first-order chi connectivity index (χ1) is 7.24. The van der Waals surface area contributed by atoms with Crippen LogP contribution < -0.4 is 4.84 Å². The highest BCUT2D eigenvalue weighted by atomic mass is 16.7. The Morgan fingerprint density at radius 2 is 2.00 bits per heavy atom. The summed E-state index contributed by atoms with van der Waals surface area (Å²) in [5.41, 5.74) is 0. The smallest absolute Gasteiger partial charge is 0.147 e. The van der Waals surface area contributed by atoms with Gasteiger partial charge in [0.05, 0.1) is 12.8 Å². The van der Waals surface area contributed by atoms with Gasteiger partial charge in [0.15, 0.2) is 0 Å². The molecule has 0 aromatic heterocycles. The van der Waals surface area contributed by atoms with Gasteiger partial charge in [0.1, 0.15) is 5.75 Å². The molecule has 82 valence electrons. The van der Waals surface area contributed by atoms with Crippen molar-refractivity contribution in [1.29, 1.82) is 0 Å². The van der Waals surface area contributed by atoms with Crippen LogP contribution in [0.2, 0.25) is 0 Å². The molecule has 0 unspecified atom stereocenters. The zero-order chi connectivity index (χ0) is 11.1. The number of aliphatic hydroxyl groups is 1. The van der Waals surface area contributed by atoms with Gasteiger partial charge in [-0.25, -0.2) is 0 Å². The van der Waals surface area contributed by atoms with Crippen molar-refractivity contribution < 1.29 is 9.94 Å². The van der Waals surface area contributed by atoms with E-state index in [4.69, 9.17) is 9.94 Å². The average molecular weight is 207 g/mol. The van der Waals surface area contributed by atoms with Crippen LogP contribution in [0, 0.1) is 0 Å². The van der Waals surface area contributed by atoms with Crippen LogP contribution in [0.15, 0.2) is 42.7 Å². The Balaban J connectivity index is 2.59. The number of hydroxylamine groups is 2. The lowest BCUT2D eigenvalue weighted by Crippen LogP contribution is -2.34. The maximum absolute atomic E-state index is 8.60. The molecule has 0 saturated heterocycles. The quantitative estimate of drug-likeness (QED) is 0.595. The van der Waals surface area contributed by atoms with E-state index in [0.717, 1.165) is 12.0 Å². The molecule has 1 aromatic carbocycles. The molecule has 1 rings (SSSR count). The van der Waals surface area contributed by atoms with Crippen molar-refractivity contribution in [2.75, 3.05) is 6.54 Å². The first-order valence-electron chi connectivity index (χ1n) is 5.03. The van der Waals surface area contributed by atoms with Gasteiger partial charge in [0, 0.05) is 6.04 Å². The van der Waals surface area contributed by atoms with Crippen LogP contribution in [0.25, 0.3) is 0 Å². The molecule has 0 aliphatic heterocycles. The van der Waals surface area contributed by atoms with Crippen LogP contribution in [0.1, 0.15) is 13.8 Å². The van der Waals surface area contributed by atoms with Crippen molar-refractivity contribution in [2.24, 2.45) is 0 Å². The molecule has 15 heavy (non-hydrogen) atoms. The van der Waals surface area contributed by atoms with Gasteiger partial charge >= 0.3 is 0 Å². The summed E-state index contributed by atoms with van der Waals surface area (Å²) < 4.78 is 0. The molecule has 0 radical (unpaired) electrons. The Morgan fingerprint density at radius 1 is 1.33 bits per heavy atom. The van der Waals surface area contributed by atoms with Gasteiger partial charge in [-0.1, -0.05) is 18.2 Å². The molecule has 0 amide bonds. The summed E-state index contributed by atoms with van der Waals surface area (Å²) in [5, 5.41) is 10.4. The summed E-state index contributed by atoms with van der Waals surface area (Å²) in [4.78, 5) is 5.65. The van der Waals surface area contributed by atoms with Gasteiger partial charge < -0.3 is 9.94 Å². The predicted octanol–water partition coefficient (Wildman–Crippen LogP) is 2.76. The van der Waals surface area contributed by atoms with Crippen molar-refractivity contribution in [3.05, 3.63) is 42.7 Å². The van der Waals surface area contributed by atoms with Crippen molar-refractivity contribution in [2.45, 2.75) is 19.9 Å². The molecule has 3 heteroatoms. The lowest BCUT2D eigenvalue weighted by atomic mass is 10.3. The molecular weight excluding hydrogens is 190 g/mol. The number of hydrogen-bond donors (Lipinski definition) is 1. The Hall–Kier alpha value is -1.48. The molecule has 0 saturated carbocycles. The fraction of sp³-hybridized carbons (Fsp3) is 0.333. The third kappa shape index (κ3) is 4.04. The Morgan fingerprint density at radius 3 is 2.53 bits per heavy atom. The second kappa shape index (κ2) is 6.09. The van der Waals surface area contributed by atoms with E-state index in [9.17, 15) is 0 Å². The predicted molar refractivity (Wildman–Crippen MR) is 60.7 cm³/mol. The fourth-order valence-corrected chi connectivity index (χ4v) is 1.12. The Labute approximate surface area is 90.6 Å². The first kappa shape index (κ1) is 11.6. The van der Waals surface area contributed by atoms with E-state index >= 15 is 0 Å². The second-order valence-electron chi connectivity index (χ2n) is 3.48. The number of benzene rings is 1. The van der Waals surface area contributed by atoms with Gasteiger partial charge in [0.25, 0.3) is 0 Å². The van der Waals surface area contributed by atoms with Crippen LogP contribution in [-0.2, 0) is 0 Å². The summed E-state index contributed by atoms with van der Waals surface area (Å²) in [5.74, 6) is 0.803. The summed E-state index contributed by atoms with van der Waals surface area (Å²) >= 11 is 0. The van der Waals surface area contributed by atoms with E-state index in [-0.39, 0.29) is 6.04 Å². The van der Waals surface area contributed by atoms with E-state index in [0.29, 0.717) is 6.54 Å². The van der Waals surface area contributed by atoms with Crippen LogP contribution >= 0.6 is 0 Å². The van der Waals surface area contributed by atoms with Gasteiger partial charge in [-0.3, -0.25) is 0 Å². The van der Waals surface area contributed by atoms with Gasteiger partial charge in [0.2, 0.25) is 0 Å². The molecule has 1 aromatic rings. The number of aliphatic hydroxyl groups excluding tert-OH is 1. The lowest BCUT2D eigenvalue weighted by molar-refractivity contribution is -0.0748.